The second-order valence-corrected chi connectivity index (χ2v) is 3.44. The van der Waals surface area contributed by atoms with Crippen LogP contribution in [0.25, 0.3) is 0 Å². The fourth-order valence-corrected chi connectivity index (χ4v) is 1.51. The third-order valence-corrected chi connectivity index (χ3v) is 2.13. The van der Waals surface area contributed by atoms with Gasteiger partial charge in [-0.25, -0.2) is 0 Å². The average Bonchev–Trinajstić information content (AvgIpc) is 2.13. The number of hydrogen-bond donors (Lipinski definition) is 1. The minimum atomic E-state index is -4.94. The van der Waals surface area contributed by atoms with Gasteiger partial charge in [-0.3, -0.25) is 0 Å². The van der Waals surface area contributed by atoms with Crippen LogP contribution in [0.3, 0.4) is 0 Å². The van der Waals surface area contributed by atoms with E-state index in [4.69, 9.17) is 5.11 Å². The highest BCUT2D eigenvalue weighted by Crippen LogP contribution is 2.41. The Labute approximate surface area is 92.7 Å². The number of rotatable bonds is 1. The number of hydrogen-bond acceptors (Lipinski definition) is 1. The van der Waals surface area contributed by atoms with Gasteiger partial charge >= 0.3 is 12.4 Å². The number of alkyl halides is 6. The van der Waals surface area contributed by atoms with E-state index in [-0.39, 0.29) is 0 Å². The Kier molecular flexibility index (Phi) is 3.42. The average molecular weight is 258 g/mol. The molecule has 0 aliphatic carbocycles. The maximum atomic E-state index is 12.5. The predicted molar refractivity (Wildman–Crippen MR) is 47.1 cm³/mol. The summed E-state index contributed by atoms with van der Waals surface area (Å²) in [5, 5.41) is 9.11. The molecule has 0 saturated heterocycles. The predicted octanol–water partition coefficient (Wildman–Crippen LogP) is 3.78. The first kappa shape index (κ1) is 13.8. The van der Waals surface area contributed by atoms with Crippen LogP contribution in [0.2, 0.25) is 0 Å². The van der Waals surface area contributed by atoms with E-state index in [0.29, 0.717) is 18.2 Å². The summed E-state index contributed by atoms with van der Waals surface area (Å²) < 4.78 is 75.0. The molecule has 0 radical (unpaired) electrons. The highest BCUT2D eigenvalue weighted by molar-refractivity contribution is 5.40. The van der Waals surface area contributed by atoms with E-state index >= 15 is 0 Å². The molecule has 0 saturated carbocycles. The van der Waals surface area contributed by atoms with E-state index in [1.54, 1.807) is 0 Å². The van der Waals surface area contributed by atoms with Crippen molar-refractivity contribution in [3.8, 4) is 0 Å². The van der Waals surface area contributed by atoms with Crippen molar-refractivity contribution in [2.24, 2.45) is 0 Å². The van der Waals surface area contributed by atoms with Gasteiger partial charge in [0.15, 0.2) is 0 Å². The summed E-state index contributed by atoms with van der Waals surface area (Å²) in [6, 6.07) is 1.69. The lowest BCUT2D eigenvalue weighted by atomic mass is 9.96. The van der Waals surface area contributed by atoms with Crippen molar-refractivity contribution in [3.05, 3.63) is 34.9 Å². The lowest BCUT2D eigenvalue weighted by Gasteiger charge is -2.20. The fraction of sp³-hybridized carbons (Fsp3) is 0.400. The first-order chi connectivity index (χ1) is 7.55. The molecule has 1 nitrogen and oxygen atoms in total. The van der Waals surface area contributed by atoms with E-state index in [1.807, 2.05) is 0 Å². The zero-order valence-electron chi connectivity index (χ0n) is 8.52. The van der Waals surface area contributed by atoms with Gasteiger partial charge in [0.2, 0.25) is 0 Å². The Morgan fingerprint density at radius 1 is 0.941 bits per heavy atom. The molecule has 0 aliphatic rings. The standard InChI is InChI=1S/C10H8F6O/c1-5(17)8-6(9(11,12)13)3-2-4-7(8)10(14,15)16/h2-5,17H,1H3/t5-/m1/s1. The van der Waals surface area contributed by atoms with Crippen molar-refractivity contribution in [3.63, 3.8) is 0 Å². The molecule has 96 valence electrons. The molecule has 0 bridgehead atoms. The summed E-state index contributed by atoms with van der Waals surface area (Å²) in [5.41, 5.74) is -4.09. The van der Waals surface area contributed by atoms with Crippen LogP contribution in [0.4, 0.5) is 26.3 Å². The number of halogens is 6. The van der Waals surface area contributed by atoms with Crippen LogP contribution in [0.15, 0.2) is 18.2 Å². The Morgan fingerprint density at radius 2 is 1.29 bits per heavy atom. The first-order valence-electron chi connectivity index (χ1n) is 4.50. The van der Waals surface area contributed by atoms with Gasteiger partial charge in [0, 0.05) is 5.56 Å². The van der Waals surface area contributed by atoms with E-state index in [2.05, 4.69) is 0 Å². The van der Waals surface area contributed by atoms with Gasteiger partial charge in [0.05, 0.1) is 17.2 Å². The van der Waals surface area contributed by atoms with Crippen LogP contribution in [-0.2, 0) is 12.4 Å². The van der Waals surface area contributed by atoms with Crippen LogP contribution < -0.4 is 0 Å². The van der Waals surface area contributed by atoms with Crippen LogP contribution >= 0.6 is 0 Å². The summed E-state index contributed by atoms with van der Waals surface area (Å²) >= 11 is 0. The molecular formula is C10H8F6O. The Morgan fingerprint density at radius 3 is 1.53 bits per heavy atom. The van der Waals surface area contributed by atoms with Gasteiger partial charge in [-0.15, -0.1) is 0 Å². The maximum Gasteiger partial charge on any atom is 0.416 e. The van der Waals surface area contributed by atoms with Crippen molar-refractivity contribution in [1.29, 1.82) is 0 Å². The minimum Gasteiger partial charge on any atom is -0.389 e. The molecule has 1 N–H and O–H groups in total. The molecule has 7 heteroatoms. The molecular weight excluding hydrogens is 250 g/mol. The van der Waals surface area contributed by atoms with Gasteiger partial charge in [0.1, 0.15) is 0 Å². The normalized spacial score (nSPS) is 14.8. The van der Waals surface area contributed by atoms with E-state index in [0.717, 1.165) is 6.92 Å². The van der Waals surface area contributed by atoms with Crippen LogP contribution in [0, 0.1) is 0 Å². The van der Waals surface area contributed by atoms with Gasteiger partial charge in [-0.2, -0.15) is 26.3 Å². The number of aliphatic hydroxyl groups excluding tert-OH is 1. The van der Waals surface area contributed by atoms with Gasteiger partial charge in [-0.05, 0) is 19.1 Å². The summed E-state index contributed by atoms with van der Waals surface area (Å²) in [6.45, 7) is 0.861. The van der Waals surface area contributed by atoms with Gasteiger partial charge in [0.25, 0.3) is 0 Å². The third kappa shape index (κ3) is 2.91. The second kappa shape index (κ2) is 4.21. The topological polar surface area (TPSA) is 20.2 Å². The molecule has 0 fully saturated rings. The van der Waals surface area contributed by atoms with E-state index < -0.39 is 35.1 Å². The van der Waals surface area contributed by atoms with Crippen molar-refractivity contribution in [2.45, 2.75) is 25.4 Å². The smallest absolute Gasteiger partial charge is 0.389 e. The fourth-order valence-electron chi connectivity index (χ4n) is 1.51. The molecule has 1 atom stereocenters. The summed E-state index contributed by atoms with van der Waals surface area (Å²) in [7, 11) is 0. The molecule has 0 unspecified atom stereocenters. The lowest BCUT2D eigenvalue weighted by molar-refractivity contribution is -0.146. The minimum absolute atomic E-state index is 0.511. The van der Waals surface area contributed by atoms with E-state index in [9.17, 15) is 26.3 Å². The van der Waals surface area contributed by atoms with Crippen molar-refractivity contribution in [1.82, 2.24) is 0 Å². The SMILES string of the molecule is C[C@@H](O)c1c(C(F)(F)F)cccc1C(F)(F)F. The lowest BCUT2D eigenvalue weighted by Crippen LogP contribution is -2.18. The molecule has 17 heavy (non-hydrogen) atoms. The molecule has 0 aromatic heterocycles. The maximum absolute atomic E-state index is 12.5. The van der Waals surface area contributed by atoms with Crippen LogP contribution in [-0.4, -0.2) is 5.11 Å². The second-order valence-electron chi connectivity index (χ2n) is 3.44. The first-order valence-corrected chi connectivity index (χ1v) is 4.50. The molecule has 1 aromatic carbocycles. The van der Waals surface area contributed by atoms with Crippen molar-refractivity contribution in [2.75, 3.05) is 0 Å². The summed E-state index contributed by atoms with van der Waals surface area (Å²) in [5.74, 6) is 0. The van der Waals surface area contributed by atoms with Gasteiger partial charge < -0.3 is 5.11 Å². The zero-order chi connectivity index (χ0) is 13.4. The quantitative estimate of drug-likeness (QED) is 0.760. The Bertz CT molecular complexity index is 372. The molecule has 0 spiro atoms. The van der Waals surface area contributed by atoms with Crippen LogP contribution in [0.5, 0.6) is 0 Å². The molecule has 1 aromatic rings. The van der Waals surface area contributed by atoms with Crippen molar-refractivity contribution >= 4 is 0 Å². The highest BCUT2D eigenvalue weighted by atomic mass is 19.4. The van der Waals surface area contributed by atoms with Crippen LogP contribution in [0.1, 0.15) is 29.7 Å². The van der Waals surface area contributed by atoms with E-state index in [1.165, 1.54) is 0 Å². The molecule has 1 rings (SSSR count). The Hall–Kier alpha value is -1.24. The Balaban J connectivity index is 3.55. The zero-order valence-corrected chi connectivity index (χ0v) is 8.52. The summed E-state index contributed by atoms with van der Waals surface area (Å²) in [4.78, 5) is 0. The third-order valence-electron chi connectivity index (χ3n) is 2.13. The molecule has 0 amide bonds. The molecule has 0 heterocycles. The highest BCUT2D eigenvalue weighted by Gasteiger charge is 2.41. The van der Waals surface area contributed by atoms with Gasteiger partial charge in [-0.1, -0.05) is 6.07 Å². The number of aliphatic hydroxyl groups is 1. The monoisotopic (exact) mass is 258 g/mol. The number of benzene rings is 1. The molecule has 0 aliphatic heterocycles. The van der Waals surface area contributed by atoms with Crippen molar-refractivity contribution < 1.29 is 31.4 Å². The largest absolute Gasteiger partial charge is 0.416 e. The summed E-state index contributed by atoms with van der Waals surface area (Å²) in [6.07, 6.45) is -11.7.